The first-order valence-corrected chi connectivity index (χ1v) is 6.60. The Morgan fingerprint density at radius 1 is 1.35 bits per heavy atom. The Labute approximate surface area is 122 Å². The fourth-order valence-corrected chi connectivity index (χ4v) is 2.33. The number of benzene rings is 1. The number of aliphatic carboxylic acids is 1. The van der Waals surface area contributed by atoms with E-state index in [4.69, 9.17) is 17.3 Å². The van der Waals surface area contributed by atoms with Crippen molar-refractivity contribution in [1.29, 1.82) is 0 Å². The summed E-state index contributed by atoms with van der Waals surface area (Å²) in [5.41, 5.74) is 0.753. The number of carboxylic acid groups (broad SMARTS) is 1. The fourth-order valence-electron chi connectivity index (χ4n) is 1.97. The van der Waals surface area contributed by atoms with Crippen LogP contribution in [0.5, 0.6) is 0 Å². The predicted molar refractivity (Wildman–Crippen MR) is 78.6 cm³/mol. The molecule has 106 valence electrons. The molecule has 0 aliphatic carbocycles. The van der Waals surface area contributed by atoms with E-state index in [0.29, 0.717) is 18.2 Å². The zero-order valence-corrected chi connectivity index (χ0v) is 11.6. The molecule has 1 saturated heterocycles. The maximum Gasteiger partial charge on any atom is 0.317 e. The summed E-state index contributed by atoms with van der Waals surface area (Å²) >= 11 is 5.31. The van der Waals surface area contributed by atoms with Gasteiger partial charge < -0.3 is 15.3 Å². The maximum atomic E-state index is 12.0. The van der Waals surface area contributed by atoms with Gasteiger partial charge in [-0.25, -0.2) is 0 Å². The molecule has 1 heterocycles. The van der Waals surface area contributed by atoms with Crippen LogP contribution in [0, 0.1) is 0 Å². The van der Waals surface area contributed by atoms with Crippen LogP contribution in [0.2, 0.25) is 0 Å². The highest BCUT2D eigenvalue weighted by Crippen LogP contribution is 2.20. The molecule has 0 radical (unpaired) electrons. The number of rotatable bonds is 6. The second-order valence-corrected chi connectivity index (χ2v) is 4.70. The zero-order valence-electron chi connectivity index (χ0n) is 10.8. The number of anilines is 1. The lowest BCUT2D eigenvalue weighted by atomic mass is 10.3. The molecule has 0 atom stereocenters. The number of thiocarbonyl (C=S) groups is 1. The van der Waals surface area contributed by atoms with Crippen molar-refractivity contribution in [3.05, 3.63) is 30.3 Å². The standard InChI is InChI=1S/C13H15N3O3S/c17-11-9-15(7-6-14-8-12(18)19)13(20)16(11)10-4-2-1-3-5-10/h1-5,14H,6-9H2,(H,18,19). The predicted octanol–water partition coefficient (Wildman–Crippen LogP) is 0.294. The summed E-state index contributed by atoms with van der Waals surface area (Å²) in [6.45, 7) is 1.09. The molecule has 7 heteroatoms. The van der Waals surface area contributed by atoms with Crippen molar-refractivity contribution in [3.8, 4) is 0 Å². The molecule has 20 heavy (non-hydrogen) atoms. The minimum atomic E-state index is -0.906. The lowest BCUT2D eigenvalue weighted by Gasteiger charge is -2.20. The van der Waals surface area contributed by atoms with Crippen molar-refractivity contribution < 1.29 is 14.7 Å². The summed E-state index contributed by atoms with van der Waals surface area (Å²) in [5.74, 6) is -0.976. The molecule has 6 nitrogen and oxygen atoms in total. The van der Waals surface area contributed by atoms with E-state index in [1.54, 1.807) is 4.90 Å². The van der Waals surface area contributed by atoms with Gasteiger partial charge in [-0.2, -0.15) is 0 Å². The van der Waals surface area contributed by atoms with Gasteiger partial charge in [0.15, 0.2) is 5.11 Å². The van der Waals surface area contributed by atoms with Crippen LogP contribution in [-0.4, -0.2) is 53.2 Å². The third-order valence-electron chi connectivity index (χ3n) is 2.89. The Morgan fingerprint density at radius 2 is 2.05 bits per heavy atom. The first kappa shape index (κ1) is 14.4. The molecule has 0 aromatic heterocycles. The zero-order chi connectivity index (χ0) is 14.5. The highest BCUT2D eigenvalue weighted by Gasteiger charge is 2.33. The summed E-state index contributed by atoms with van der Waals surface area (Å²) < 4.78 is 0. The van der Waals surface area contributed by atoms with Crippen molar-refractivity contribution in [3.63, 3.8) is 0 Å². The van der Waals surface area contributed by atoms with Crippen LogP contribution < -0.4 is 10.2 Å². The Kier molecular flexibility index (Phi) is 4.65. The van der Waals surface area contributed by atoms with Gasteiger partial charge in [-0.3, -0.25) is 14.5 Å². The molecule has 1 aromatic rings. The van der Waals surface area contributed by atoms with Crippen molar-refractivity contribution in [2.75, 3.05) is 31.1 Å². The number of para-hydroxylation sites is 1. The number of amides is 1. The van der Waals surface area contributed by atoms with Crippen molar-refractivity contribution in [2.24, 2.45) is 0 Å². The molecular weight excluding hydrogens is 278 g/mol. The molecule has 0 bridgehead atoms. The average molecular weight is 293 g/mol. The number of carboxylic acids is 1. The Hall–Kier alpha value is -1.99. The topological polar surface area (TPSA) is 72.9 Å². The van der Waals surface area contributed by atoms with E-state index in [9.17, 15) is 9.59 Å². The molecule has 0 spiro atoms. The first-order chi connectivity index (χ1) is 9.59. The highest BCUT2D eigenvalue weighted by atomic mass is 32.1. The summed E-state index contributed by atoms with van der Waals surface area (Å²) in [5, 5.41) is 11.8. The number of carbonyl (C=O) groups excluding carboxylic acids is 1. The Bertz CT molecular complexity index is 521. The number of hydrogen-bond acceptors (Lipinski definition) is 4. The lowest BCUT2D eigenvalue weighted by molar-refractivity contribution is -0.136. The molecule has 2 rings (SSSR count). The smallest absolute Gasteiger partial charge is 0.317 e. The van der Waals surface area contributed by atoms with Gasteiger partial charge in [-0.1, -0.05) is 18.2 Å². The van der Waals surface area contributed by atoms with E-state index in [2.05, 4.69) is 5.32 Å². The van der Waals surface area contributed by atoms with Gasteiger partial charge in [-0.15, -0.1) is 0 Å². The second-order valence-electron chi connectivity index (χ2n) is 4.34. The average Bonchev–Trinajstić information content (AvgIpc) is 2.70. The maximum absolute atomic E-state index is 12.0. The van der Waals surface area contributed by atoms with Crippen molar-refractivity contribution >= 4 is 34.9 Å². The van der Waals surface area contributed by atoms with Crippen molar-refractivity contribution in [1.82, 2.24) is 10.2 Å². The molecular formula is C13H15N3O3S. The van der Waals surface area contributed by atoms with Crippen molar-refractivity contribution in [2.45, 2.75) is 0 Å². The summed E-state index contributed by atoms with van der Waals surface area (Å²) in [6.07, 6.45) is 0. The van der Waals surface area contributed by atoms with E-state index < -0.39 is 5.97 Å². The molecule has 0 unspecified atom stereocenters. The summed E-state index contributed by atoms with van der Waals surface area (Å²) in [4.78, 5) is 25.7. The van der Waals surface area contributed by atoms with Crippen LogP contribution in [0.3, 0.4) is 0 Å². The summed E-state index contributed by atoms with van der Waals surface area (Å²) in [7, 11) is 0. The second kappa shape index (κ2) is 6.44. The largest absolute Gasteiger partial charge is 0.480 e. The van der Waals surface area contributed by atoms with Gasteiger partial charge in [0.1, 0.15) is 6.54 Å². The van der Waals surface area contributed by atoms with Gasteiger partial charge >= 0.3 is 5.97 Å². The third kappa shape index (κ3) is 3.31. The quantitative estimate of drug-likeness (QED) is 0.580. The normalized spacial score (nSPS) is 15.0. The van der Waals surface area contributed by atoms with Gasteiger partial charge in [0.25, 0.3) is 5.91 Å². The monoisotopic (exact) mass is 293 g/mol. The Morgan fingerprint density at radius 3 is 2.70 bits per heavy atom. The van der Waals surface area contributed by atoms with Crippen LogP contribution in [0.1, 0.15) is 0 Å². The fraction of sp³-hybridized carbons (Fsp3) is 0.308. The minimum absolute atomic E-state index is 0.0700. The van der Waals surface area contributed by atoms with Gasteiger partial charge in [0, 0.05) is 13.1 Å². The third-order valence-corrected chi connectivity index (χ3v) is 3.33. The Balaban J connectivity index is 1.94. The highest BCUT2D eigenvalue weighted by molar-refractivity contribution is 7.80. The summed E-state index contributed by atoms with van der Waals surface area (Å²) in [6, 6.07) is 9.23. The molecule has 0 saturated carbocycles. The van der Waals surface area contributed by atoms with E-state index >= 15 is 0 Å². The molecule has 1 aliphatic rings. The van der Waals surface area contributed by atoms with Gasteiger partial charge in [0.2, 0.25) is 0 Å². The van der Waals surface area contributed by atoms with Crippen LogP contribution in [0.4, 0.5) is 5.69 Å². The number of nitrogens with zero attached hydrogens (tertiary/aromatic N) is 2. The minimum Gasteiger partial charge on any atom is -0.480 e. The van der Waals surface area contributed by atoms with E-state index in [0.717, 1.165) is 5.69 Å². The molecule has 1 fully saturated rings. The van der Waals surface area contributed by atoms with Crippen LogP contribution >= 0.6 is 12.2 Å². The molecule has 1 aromatic carbocycles. The number of nitrogens with one attached hydrogen (secondary N) is 1. The van der Waals surface area contributed by atoms with Gasteiger partial charge in [0.05, 0.1) is 12.2 Å². The van der Waals surface area contributed by atoms with E-state index in [1.165, 1.54) is 4.90 Å². The number of hydrogen-bond donors (Lipinski definition) is 2. The lowest BCUT2D eigenvalue weighted by Crippen LogP contribution is -2.37. The first-order valence-electron chi connectivity index (χ1n) is 6.19. The molecule has 1 aliphatic heterocycles. The molecule has 1 amide bonds. The van der Waals surface area contributed by atoms with Crippen LogP contribution in [0.25, 0.3) is 0 Å². The SMILES string of the molecule is O=C(O)CNCCN1CC(=O)N(c2ccccc2)C1=S. The van der Waals surface area contributed by atoms with E-state index in [-0.39, 0.29) is 19.0 Å². The van der Waals surface area contributed by atoms with Gasteiger partial charge in [-0.05, 0) is 24.4 Å². The number of carbonyl (C=O) groups is 2. The van der Waals surface area contributed by atoms with E-state index in [1.807, 2.05) is 30.3 Å². The molecule has 2 N–H and O–H groups in total. The van der Waals surface area contributed by atoms with Crippen LogP contribution in [0.15, 0.2) is 30.3 Å². The van der Waals surface area contributed by atoms with Crippen LogP contribution in [-0.2, 0) is 9.59 Å².